The minimum Gasteiger partial charge on any atom is -0.355 e. The number of hydrogen-bond donors (Lipinski definition) is 2. The lowest BCUT2D eigenvalue weighted by atomic mass is 10.2. The van der Waals surface area contributed by atoms with Crippen LogP contribution in [0.1, 0.15) is 32.6 Å². The smallest absolute Gasteiger partial charge is 0.232 e. The highest BCUT2D eigenvalue weighted by molar-refractivity contribution is 7.98. The minimum absolute atomic E-state index is 0.0393. The first-order chi connectivity index (χ1) is 6.68. The van der Waals surface area contributed by atoms with Gasteiger partial charge in [0.25, 0.3) is 0 Å². The van der Waals surface area contributed by atoms with Gasteiger partial charge in [0.2, 0.25) is 5.91 Å². The van der Waals surface area contributed by atoms with Gasteiger partial charge in [0.05, 0.1) is 5.25 Å². The van der Waals surface area contributed by atoms with Crippen molar-refractivity contribution in [3.63, 3.8) is 0 Å². The molecule has 0 rings (SSSR count). The topological polar surface area (TPSA) is 29.1 Å². The van der Waals surface area contributed by atoms with Crippen LogP contribution in [0.25, 0.3) is 0 Å². The summed E-state index contributed by atoms with van der Waals surface area (Å²) in [5, 5.41) is 2.66. The van der Waals surface area contributed by atoms with Crippen molar-refractivity contribution in [2.75, 3.05) is 18.6 Å². The van der Waals surface area contributed by atoms with Crippen LogP contribution in [0.5, 0.6) is 0 Å². The first kappa shape index (κ1) is 14.2. The van der Waals surface area contributed by atoms with Crippen LogP contribution in [0, 0.1) is 0 Å². The van der Waals surface area contributed by atoms with Crippen molar-refractivity contribution in [2.45, 2.75) is 37.9 Å². The van der Waals surface area contributed by atoms with Gasteiger partial charge in [-0.2, -0.15) is 24.4 Å². The number of hydrogen-bond acceptors (Lipinski definition) is 3. The summed E-state index contributed by atoms with van der Waals surface area (Å²) in [5.41, 5.74) is 0. The zero-order valence-corrected chi connectivity index (χ0v) is 10.8. The van der Waals surface area contributed by atoms with Crippen LogP contribution in [-0.4, -0.2) is 29.7 Å². The van der Waals surface area contributed by atoms with Gasteiger partial charge in [-0.05, 0) is 31.8 Å². The summed E-state index contributed by atoms with van der Waals surface area (Å²) in [7, 11) is 0. The van der Waals surface area contributed by atoms with Crippen LogP contribution in [0.3, 0.4) is 0 Å². The van der Waals surface area contributed by atoms with Gasteiger partial charge in [-0.25, -0.2) is 0 Å². The van der Waals surface area contributed by atoms with Crippen LogP contribution in [-0.2, 0) is 4.79 Å². The van der Waals surface area contributed by atoms with Crippen molar-refractivity contribution in [1.29, 1.82) is 0 Å². The molecular formula is C10H21NOS2. The van der Waals surface area contributed by atoms with E-state index in [0.29, 0.717) is 0 Å². The largest absolute Gasteiger partial charge is 0.355 e. The monoisotopic (exact) mass is 235 g/mol. The molecule has 2 nitrogen and oxygen atoms in total. The maximum absolute atomic E-state index is 11.1. The van der Waals surface area contributed by atoms with Crippen molar-refractivity contribution in [1.82, 2.24) is 5.32 Å². The fourth-order valence-electron chi connectivity index (χ4n) is 1.08. The van der Waals surface area contributed by atoms with Crippen molar-refractivity contribution in [3.05, 3.63) is 0 Å². The van der Waals surface area contributed by atoms with Gasteiger partial charge in [0.15, 0.2) is 0 Å². The Morgan fingerprint density at radius 3 is 2.57 bits per heavy atom. The second-order valence-electron chi connectivity index (χ2n) is 3.37. The molecule has 1 atom stereocenters. The zero-order valence-electron chi connectivity index (χ0n) is 9.08. The van der Waals surface area contributed by atoms with E-state index in [1.54, 1.807) is 6.92 Å². The normalized spacial score (nSPS) is 12.5. The van der Waals surface area contributed by atoms with Gasteiger partial charge in [-0.1, -0.05) is 12.8 Å². The van der Waals surface area contributed by atoms with Gasteiger partial charge < -0.3 is 5.32 Å². The molecule has 1 unspecified atom stereocenters. The highest BCUT2D eigenvalue weighted by Gasteiger charge is 2.05. The fraction of sp³-hybridized carbons (Fsp3) is 0.900. The third kappa shape index (κ3) is 8.75. The minimum atomic E-state index is -0.188. The number of thioether (sulfide) groups is 1. The van der Waals surface area contributed by atoms with Crippen molar-refractivity contribution in [3.8, 4) is 0 Å². The van der Waals surface area contributed by atoms with E-state index in [1.807, 2.05) is 11.8 Å². The van der Waals surface area contributed by atoms with Gasteiger partial charge in [0.1, 0.15) is 0 Å². The number of carbonyl (C=O) groups is 1. The third-order valence-electron chi connectivity index (χ3n) is 1.95. The summed E-state index contributed by atoms with van der Waals surface area (Å²) in [6.07, 6.45) is 6.99. The number of nitrogens with one attached hydrogen (secondary N) is 1. The van der Waals surface area contributed by atoms with E-state index in [1.165, 1.54) is 25.0 Å². The van der Waals surface area contributed by atoms with Gasteiger partial charge >= 0.3 is 0 Å². The number of rotatable bonds is 8. The molecule has 0 spiro atoms. The lowest BCUT2D eigenvalue weighted by molar-refractivity contribution is -0.120. The summed E-state index contributed by atoms with van der Waals surface area (Å²) in [4.78, 5) is 11.1. The van der Waals surface area contributed by atoms with Crippen LogP contribution in [0.2, 0.25) is 0 Å². The van der Waals surface area contributed by atoms with Crippen molar-refractivity contribution < 1.29 is 4.79 Å². The Hall–Kier alpha value is 0.170. The number of unbranched alkanes of at least 4 members (excludes halogenated alkanes) is 3. The molecule has 84 valence electrons. The third-order valence-corrected chi connectivity index (χ3v) is 2.89. The lowest BCUT2D eigenvalue weighted by Crippen LogP contribution is -2.30. The molecule has 1 amide bonds. The lowest BCUT2D eigenvalue weighted by Gasteiger charge is -2.06. The molecule has 0 aromatic rings. The zero-order chi connectivity index (χ0) is 10.8. The first-order valence-electron chi connectivity index (χ1n) is 5.13. The molecule has 0 aromatic heterocycles. The predicted molar refractivity (Wildman–Crippen MR) is 68.3 cm³/mol. The molecular weight excluding hydrogens is 214 g/mol. The predicted octanol–water partition coefficient (Wildman–Crippen LogP) is 2.34. The second kappa shape index (κ2) is 9.71. The Morgan fingerprint density at radius 2 is 2.00 bits per heavy atom. The Bertz CT molecular complexity index is 151. The molecule has 0 saturated carbocycles. The molecule has 0 aliphatic rings. The van der Waals surface area contributed by atoms with Crippen molar-refractivity contribution >= 4 is 30.3 Å². The average molecular weight is 235 g/mol. The highest BCUT2D eigenvalue weighted by Crippen LogP contribution is 2.04. The Kier molecular flexibility index (Phi) is 9.83. The van der Waals surface area contributed by atoms with E-state index in [0.717, 1.165) is 13.0 Å². The summed E-state index contributed by atoms with van der Waals surface area (Å²) >= 11 is 5.94. The molecule has 0 radical (unpaired) electrons. The maximum atomic E-state index is 11.1. The summed E-state index contributed by atoms with van der Waals surface area (Å²) in [6, 6.07) is 0. The molecule has 0 aliphatic carbocycles. The van der Waals surface area contributed by atoms with Crippen LogP contribution in [0.4, 0.5) is 0 Å². The van der Waals surface area contributed by atoms with E-state index < -0.39 is 0 Å². The molecule has 4 heteroatoms. The van der Waals surface area contributed by atoms with E-state index in [-0.39, 0.29) is 11.2 Å². The number of amides is 1. The Balaban J connectivity index is 3.10. The molecule has 14 heavy (non-hydrogen) atoms. The molecule has 0 fully saturated rings. The summed E-state index contributed by atoms with van der Waals surface area (Å²) in [5.74, 6) is 1.29. The van der Waals surface area contributed by atoms with Gasteiger partial charge in [-0.15, -0.1) is 0 Å². The second-order valence-corrected chi connectivity index (χ2v) is 5.13. The van der Waals surface area contributed by atoms with Crippen molar-refractivity contribution in [2.24, 2.45) is 0 Å². The molecule has 0 heterocycles. The fourth-order valence-corrected chi connectivity index (χ4v) is 1.67. The van der Waals surface area contributed by atoms with Gasteiger partial charge in [0, 0.05) is 6.54 Å². The number of carbonyl (C=O) groups excluding carboxylic acids is 1. The molecule has 0 aromatic carbocycles. The average Bonchev–Trinajstić information content (AvgIpc) is 2.16. The quantitative estimate of drug-likeness (QED) is 0.499. The standard InChI is InChI=1S/C10H21NOS2/c1-9(13)10(12)11-7-5-3-4-6-8-14-2/h9,13H,3-8H2,1-2H3,(H,11,12). The van der Waals surface area contributed by atoms with E-state index in [2.05, 4.69) is 24.2 Å². The molecule has 0 saturated heterocycles. The number of thiol groups is 1. The Labute approximate surface area is 97.0 Å². The first-order valence-corrected chi connectivity index (χ1v) is 7.04. The molecule has 0 bridgehead atoms. The van der Waals surface area contributed by atoms with E-state index in [9.17, 15) is 4.79 Å². The Morgan fingerprint density at radius 1 is 1.36 bits per heavy atom. The summed E-state index contributed by atoms with van der Waals surface area (Å²) < 4.78 is 0. The summed E-state index contributed by atoms with van der Waals surface area (Å²) in [6.45, 7) is 2.58. The van der Waals surface area contributed by atoms with E-state index >= 15 is 0 Å². The van der Waals surface area contributed by atoms with E-state index in [4.69, 9.17) is 0 Å². The molecule has 0 aliphatic heterocycles. The van der Waals surface area contributed by atoms with Crippen LogP contribution in [0.15, 0.2) is 0 Å². The maximum Gasteiger partial charge on any atom is 0.232 e. The van der Waals surface area contributed by atoms with Crippen LogP contribution < -0.4 is 5.32 Å². The highest BCUT2D eigenvalue weighted by atomic mass is 32.2. The molecule has 1 N–H and O–H groups in total. The SMILES string of the molecule is CSCCCCCCNC(=O)C(C)S. The van der Waals surface area contributed by atoms with Crippen LogP contribution >= 0.6 is 24.4 Å². The van der Waals surface area contributed by atoms with Gasteiger partial charge in [-0.3, -0.25) is 4.79 Å².